The largest absolute Gasteiger partial charge is 0.495 e. The Hall–Kier alpha value is -2.64. The lowest BCUT2D eigenvalue weighted by Gasteiger charge is -2.31. The minimum absolute atomic E-state index is 0.165. The molecule has 0 saturated carbocycles. The number of aryl methyl sites for hydroxylation is 1. The minimum Gasteiger partial charge on any atom is -0.495 e. The smallest absolute Gasteiger partial charge is 0.246 e. The van der Waals surface area contributed by atoms with E-state index in [-0.39, 0.29) is 4.90 Å². The van der Waals surface area contributed by atoms with Gasteiger partial charge in [-0.2, -0.15) is 4.31 Å². The number of hydrogen-bond acceptors (Lipinski definition) is 5. The Morgan fingerprint density at radius 2 is 1.83 bits per heavy atom. The second-order valence-electron chi connectivity index (χ2n) is 7.74. The minimum atomic E-state index is -3.68. The lowest BCUT2D eigenvalue weighted by molar-refractivity contribution is 0.272. The summed E-state index contributed by atoms with van der Waals surface area (Å²) in [5.41, 5.74) is 2.70. The molecule has 0 N–H and O–H groups in total. The van der Waals surface area contributed by atoms with Gasteiger partial charge in [-0.15, -0.1) is 0 Å². The molecule has 3 aromatic rings. The van der Waals surface area contributed by atoms with Crippen LogP contribution >= 0.6 is 0 Å². The molecule has 0 bridgehead atoms. The van der Waals surface area contributed by atoms with Crippen LogP contribution in [0, 0.1) is 12.8 Å². The van der Waals surface area contributed by atoms with Crippen LogP contribution in [-0.2, 0) is 16.4 Å². The third-order valence-corrected chi connectivity index (χ3v) is 7.55. The van der Waals surface area contributed by atoms with Crippen LogP contribution in [0.4, 0.5) is 0 Å². The SMILES string of the molecule is COc1ccc(-c2cc(C)no2)cc1S(=O)(=O)N1CCC(Cc2ccccc2)CC1. The highest BCUT2D eigenvalue weighted by atomic mass is 32.2. The maximum atomic E-state index is 13.4. The van der Waals surface area contributed by atoms with Crippen molar-refractivity contribution in [2.45, 2.75) is 31.1 Å². The van der Waals surface area contributed by atoms with E-state index in [0.717, 1.165) is 25.0 Å². The second kappa shape index (κ2) is 8.62. The molecule has 7 heteroatoms. The molecule has 0 spiro atoms. The first-order valence-electron chi connectivity index (χ1n) is 10.1. The van der Waals surface area contributed by atoms with Gasteiger partial charge < -0.3 is 9.26 Å². The van der Waals surface area contributed by atoms with Crippen molar-refractivity contribution in [2.75, 3.05) is 20.2 Å². The van der Waals surface area contributed by atoms with Crippen molar-refractivity contribution in [2.24, 2.45) is 5.92 Å². The molecule has 1 aliphatic heterocycles. The van der Waals surface area contributed by atoms with E-state index >= 15 is 0 Å². The quantitative estimate of drug-likeness (QED) is 0.588. The molecule has 4 rings (SSSR count). The third kappa shape index (κ3) is 4.27. The molecule has 2 aromatic carbocycles. The van der Waals surface area contributed by atoms with Crippen molar-refractivity contribution in [3.8, 4) is 17.1 Å². The van der Waals surface area contributed by atoms with Crippen LogP contribution in [0.2, 0.25) is 0 Å². The standard InChI is InChI=1S/C23H26N2O4S/c1-17-14-22(29-24-17)20-8-9-21(28-2)23(16-20)30(26,27)25-12-10-19(11-13-25)15-18-6-4-3-5-7-18/h3-9,14,16,19H,10-13,15H2,1-2H3. The number of nitrogens with zero attached hydrogens (tertiary/aromatic N) is 2. The molecule has 2 heterocycles. The van der Waals surface area contributed by atoms with E-state index in [0.29, 0.717) is 36.1 Å². The molecule has 1 saturated heterocycles. The van der Waals surface area contributed by atoms with Crippen LogP contribution in [0.25, 0.3) is 11.3 Å². The number of aromatic nitrogens is 1. The average Bonchev–Trinajstić information content (AvgIpc) is 3.21. The number of benzene rings is 2. The van der Waals surface area contributed by atoms with Crippen molar-refractivity contribution in [1.82, 2.24) is 9.46 Å². The molecule has 0 aliphatic carbocycles. The van der Waals surface area contributed by atoms with Gasteiger partial charge in [-0.25, -0.2) is 8.42 Å². The van der Waals surface area contributed by atoms with E-state index in [1.54, 1.807) is 28.6 Å². The number of ether oxygens (including phenoxy) is 1. The molecule has 1 fully saturated rings. The van der Waals surface area contributed by atoms with Gasteiger partial charge in [0.2, 0.25) is 10.0 Å². The zero-order valence-electron chi connectivity index (χ0n) is 17.2. The number of sulfonamides is 1. The Morgan fingerprint density at radius 1 is 1.10 bits per heavy atom. The highest BCUT2D eigenvalue weighted by Gasteiger charge is 2.32. The Balaban J connectivity index is 1.53. The van der Waals surface area contributed by atoms with Gasteiger partial charge in [0.25, 0.3) is 0 Å². The van der Waals surface area contributed by atoms with Crippen LogP contribution < -0.4 is 4.74 Å². The van der Waals surface area contributed by atoms with Gasteiger partial charge in [-0.3, -0.25) is 0 Å². The van der Waals surface area contributed by atoms with Gasteiger partial charge in [0.15, 0.2) is 5.76 Å². The van der Waals surface area contributed by atoms with Gasteiger partial charge in [0.1, 0.15) is 10.6 Å². The maximum Gasteiger partial charge on any atom is 0.246 e. The average molecular weight is 427 g/mol. The van der Waals surface area contributed by atoms with E-state index in [1.165, 1.54) is 12.7 Å². The summed E-state index contributed by atoms with van der Waals surface area (Å²) in [6, 6.07) is 17.2. The molecule has 1 aromatic heterocycles. The zero-order valence-corrected chi connectivity index (χ0v) is 18.1. The monoisotopic (exact) mass is 426 g/mol. The molecule has 0 radical (unpaired) electrons. The second-order valence-corrected chi connectivity index (χ2v) is 9.64. The van der Waals surface area contributed by atoms with Crippen molar-refractivity contribution < 1.29 is 17.7 Å². The van der Waals surface area contributed by atoms with Gasteiger partial charge in [-0.05, 0) is 55.9 Å². The lowest BCUT2D eigenvalue weighted by Crippen LogP contribution is -2.39. The first-order valence-corrected chi connectivity index (χ1v) is 11.6. The Morgan fingerprint density at radius 3 is 2.47 bits per heavy atom. The fraction of sp³-hybridized carbons (Fsp3) is 0.348. The van der Waals surface area contributed by atoms with Gasteiger partial charge in [-0.1, -0.05) is 35.5 Å². The van der Waals surface area contributed by atoms with Gasteiger partial charge >= 0.3 is 0 Å². The Labute approximate surface area is 177 Å². The molecule has 30 heavy (non-hydrogen) atoms. The number of rotatable bonds is 6. The van der Waals surface area contributed by atoms with Crippen LogP contribution in [0.3, 0.4) is 0 Å². The normalized spacial score (nSPS) is 15.9. The summed E-state index contributed by atoms with van der Waals surface area (Å²) in [7, 11) is -2.19. The topological polar surface area (TPSA) is 72.6 Å². The van der Waals surface area contributed by atoms with E-state index < -0.39 is 10.0 Å². The summed E-state index contributed by atoms with van der Waals surface area (Å²) in [6.45, 7) is 2.84. The van der Waals surface area contributed by atoms with Crippen LogP contribution in [-0.4, -0.2) is 38.1 Å². The predicted molar refractivity (Wildman–Crippen MR) is 115 cm³/mol. The maximum absolute atomic E-state index is 13.4. The third-order valence-electron chi connectivity index (χ3n) is 5.63. The van der Waals surface area contributed by atoms with Crippen LogP contribution in [0.1, 0.15) is 24.1 Å². The molecule has 0 atom stereocenters. The highest BCUT2D eigenvalue weighted by Crippen LogP contribution is 2.34. The molecule has 158 valence electrons. The lowest BCUT2D eigenvalue weighted by atomic mass is 9.91. The molecular weight excluding hydrogens is 400 g/mol. The molecular formula is C23H26N2O4S. The summed E-state index contributed by atoms with van der Waals surface area (Å²) in [4.78, 5) is 0.165. The highest BCUT2D eigenvalue weighted by molar-refractivity contribution is 7.89. The van der Waals surface area contributed by atoms with Crippen molar-refractivity contribution >= 4 is 10.0 Å². The predicted octanol–water partition coefficient (Wildman–Crippen LogP) is 4.30. The van der Waals surface area contributed by atoms with E-state index in [1.807, 2.05) is 25.1 Å². The summed E-state index contributed by atoms with van der Waals surface area (Å²) >= 11 is 0. The number of methoxy groups -OCH3 is 1. The number of piperidine rings is 1. The Kier molecular flexibility index (Phi) is 5.92. The molecule has 1 aliphatic rings. The van der Waals surface area contributed by atoms with Gasteiger partial charge in [0.05, 0.1) is 12.8 Å². The summed E-state index contributed by atoms with van der Waals surface area (Å²) in [6.07, 6.45) is 2.67. The zero-order chi connectivity index (χ0) is 21.1. The van der Waals surface area contributed by atoms with E-state index in [4.69, 9.17) is 9.26 Å². The molecule has 0 amide bonds. The number of hydrogen-bond donors (Lipinski definition) is 0. The van der Waals surface area contributed by atoms with Crippen molar-refractivity contribution in [3.63, 3.8) is 0 Å². The van der Waals surface area contributed by atoms with Crippen molar-refractivity contribution in [1.29, 1.82) is 0 Å². The van der Waals surface area contributed by atoms with Crippen LogP contribution in [0.5, 0.6) is 5.75 Å². The van der Waals surface area contributed by atoms with Crippen molar-refractivity contribution in [3.05, 3.63) is 65.9 Å². The van der Waals surface area contributed by atoms with E-state index in [2.05, 4.69) is 17.3 Å². The fourth-order valence-corrected chi connectivity index (χ4v) is 5.62. The fourth-order valence-electron chi connectivity index (χ4n) is 3.97. The van der Waals surface area contributed by atoms with Gasteiger partial charge in [0, 0.05) is 24.7 Å². The van der Waals surface area contributed by atoms with Crippen LogP contribution in [0.15, 0.2) is 64.0 Å². The van der Waals surface area contributed by atoms with E-state index in [9.17, 15) is 8.42 Å². The molecule has 6 nitrogen and oxygen atoms in total. The summed E-state index contributed by atoms with van der Waals surface area (Å²) in [5.74, 6) is 1.36. The summed E-state index contributed by atoms with van der Waals surface area (Å²) in [5, 5.41) is 3.89. The first-order chi connectivity index (χ1) is 14.5. The summed E-state index contributed by atoms with van der Waals surface area (Å²) < 4.78 is 39.1. The first kappa shape index (κ1) is 20.6. The Bertz CT molecular complexity index is 1100. The molecule has 0 unspecified atom stereocenters.